The summed E-state index contributed by atoms with van der Waals surface area (Å²) in [4.78, 5) is 2.10. The van der Waals surface area contributed by atoms with Crippen LogP contribution in [0, 0.1) is 0 Å². The number of ether oxygens (including phenoxy) is 1. The Bertz CT molecular complexity index is 498. The van der Waals surface area contributed by atoms with E-state index in [0.717, 1.165) is 6.54 Å². The van der Waals surface area contributed by atoms with Gasteiger partial charge in [0.25, 0.3) is 0 Å². The van der Waals surface area contributed by atoms with E-state index in [0.29, 0.717) is 12.2 Å². The smallest absolute Gasteiger partial charge is 0.180 e. The number of hydrogen-bond acceptors (Lipinski definition) is 5. The number of hydrogen-bond donors (Lipinski definition) is 1. The molecule has 1 aromatic carbocycles. The van der Waals surface area contributed by atoms with E-state index in [1.165, 1.54) is 13.2 Å². The number of anilines is 1. The second-order valence-corrected chi connectivity index (χ2v) is 6.46. The van der Waals surface area contributed by atoms with Crippen LogP contribution in [-0.4, -0.2) is 46.8 Å². The van der Waals surface area contributed by atoms with Crippen molar-refractivity contribution in [3.05, 3.63) is 18.2 Å². The second-order valence-electron chi connectivity index (χ2n) is 4.38. The molecule has 0 amide bonds. The molecule has 0 heterocycles. The number of methoxy groups -OCH3 is 1. The first-order valence-electron chi connectivity index (χ1n) is 5.68. The van der Waals surface area contributed by atoms with E-state index in [4.69, 9.17) is 10.5 Å². The van der Waals surface area contributed by atoms with Gasteiger partial charge in [-0.2, -0.15) is 0 Å². The first kappa shape index (κ1) is 14.8. The fraction of sp³-hybridized carbons (Fsp3) is 0.500. The van der Waals surface area contributed by atoms with Gasteiger partial charge >= 0.3 is 0 Å². The fourth-order valence-corrected chi connectivity index (χ4v) is 3.04. The SMILES string of the molecule is COc1ccc(N)c(S(=O)(=O)CCCN(C)C)c1. The van der Waals surface area contributed by atoms with Crippen LogP contribution in [0.2, 0.25) is 0 Å². The van der Waals surface area contributed by atoms with Crippen LogP contribution in [-0.2, 0) is 9.84 Å². The zero-order valence-corrected chi connectivity index (χ0v) is 11.8. The molecule has 0 unspecified atom stereocenters. The lowest BCUT2D eigenvalue weighted by molar-refractivity contribution is 0.408. The van der Waals surface area contributed by atoms with Crippen LogP contribution in [0.5, 0.6) is 5.75 Å². The lowest BCUT2D eigenvalue weighted by Gasteiger charge is -2.11. The Morgan fingerprint density at radius 3 is 2.56 bits per heavy atom. The van der Waals surface area contributed by atoms with E-state index in [9.17, 15) is 8.42 Å². The molecule has 0 aromatic heterocycles. The first-order valence-corrected chi connectivity index (χ1v) is 7.33. The lowest BCUT2D eigenvalue weighted by Crippen LogP contribution is -2.18. The molecule has 0 saturated heterocycles. The van der Waals surface area contributed by atoms with Crippen molar-refractivity contribution in [2.24, 2.45) is 0 Å². The summed E-state index contributed by atoms with van der Waals surface area (Å²) >= 11 is 0. The van der Waals surface area contributed by atoms with Crippen LogP contribution in [0.25, 0.3) is 0 Å². The van der Waals surface area contributed by atoms with Crippen molar-refractivity contribution in [1.29, 1.82) is 0 Å². The molecule has 6 heteroatoms. The number of nitrogens with zero attached hydrogens (tertiary/aromatic N) is 1. The van der Waals surface area contributed by atoms with E-state index < -0.39 is 9.84 Å². The Kier molecular flexibility index (Phi) is 4.98. The first-order chi connectivity index (χ1) is 8.36. The predicted octanol–water partition coefficient (Wildman–Crippen LogP) is 1.00. The van der Waals surface area contributed by atoms with Crippen molar-refractivity contribution in [3.8, 4) is 5.75 Å². The average Bonchev–Trinajstić information content (AvgIpc) is 2.28. The maximum atomic E-state index is 12.1. The molecular formula is C12H20N2O3S. The molecule has 0 radical (unpaired) electrons. The molecule has 0 atom stereocenters. The van der Waals surface area contributed by atoms with E-state index in [1.54, 1.807) is 12.1 Å². The van der Waals surface area contributed by atoms with E-state index >= 15 is 0 Å². The van der Waals surface area contributed by atoms with Crippen LogP contribution in [0.4, 0.5) is 5.69 Å². The Morgan fingerprint density at radius 1 is 1.33 bits per heavy atom. The average molecular weight is 272 g/mol. The predicted molar refractivity (Wildman–Crippen MR) is 72.6 cm³/mol. The number of benzene rings is 1. The van der Waals surface area contributed by atoms with E-state index in [1.807, 2.05) is 19.0 Å². The van der Waals surface area contributed by atoms with Crippen molar-refractivity contribution in [3.63, 3.8) is 0 Å². The number of nitrogens with two attached hydrogens (primary N) is 1. The zero-order valence-electron chi connectivity index (χ0n) is 11.0. The Balaban J connectivity index is 2.90. The van der Waals surface area contributed by atoms with Gasteiger partial charge < -0.3 is 15.4 Å². The monoisotopic (exact) mass is 272 g/mol. The van der Waals surface area contributed by atoms with Crippen LogP contribution in [0.3, 0.4) is 0 Å². The third-order valence-corrected chi connectivity index (χ3v) is 4.42. The van der Waals surface area contributed by atoms with Crippen LogP contribution in [0.1, 0.15) is 6.42 Å². The molecule has 0 aliphatic heterocycles. The summed E-state index contributed by atoms with van der Waals surface area (Å²) in [6, 6.07) is 4.67. The van der Waals surface area contributed by atoms with Gasteiger partial charge in [-0.1, -0.05) is 0 Å². The molecule has 0 aliphatic carbocycles. The Hall–Kier alpha value is -1.27. The van der Waals surface area contributed by atoms with Gasteiger partial charge in [-0.3, -0.25) is 0 Å². The molecular weight excluding hydrogens is 252 g/mol. The molecule has 0 fully saturated rings. The van der Waals surface area contributed by atoms with Crippen molar-refractivity contribution >= 4 is 15.5 Å². The third-order valence-electron chi connectivity index (χ3n) is 2.57. The van der Waals surface area contributed by atoms with Crippen molar-refractivity contribution in [2.75, 3.05) is 39.2 Å². The molecule has 0 spiro atoms. The van der Waals surface area contributed by atoms with Crippen molar-refractivity contribution in [1.82, 2.24) is 4.90 Å². The molecule has 1 aromatic rings. The van der Waals surface area contributed by atoms with Gasteiger partial charge in [0, 0.05) is 6.07 Å². The van der Waals surface area contributed by atoms with Gasteiger partial charge in [-0.15, -0.1) is 0 Å². The minimum Gasteiger partial charge on any atom is -0.497 e. The Morgan fingerprint density at radius 2 is 2.00 bits per heavy atom. The van der Waals surface area contributed by atoms with Gasteiger partial charge in [0.05, 0.1) is 23.4 Å². The molecule has 5 nitrogen and oxygen atoms in total. The zero-order chi connectivity index (χ0) is 13.8. The van der Waals surface area contributed by atoms with Gasteiger partial charge in [0.15, 0.2) is 9.84 Å². The summed E-state index contributed by atoms with van der Waals surface area (Å²) in [5.74, 6) is 0.582. The van der Waals surface area contributed by atoms with Gasteiger partial charge in [0.2, 0.25) is 0 Å². The summed E-state index contributed by atoms with van der Waals surface area (Å²) in [6.07, 6.45) is 0.575. The summed E-state index contributed by atoms with van der Waals surface area (Å²) in [7, 11) is 1.96. The van der Waals surface area contributed by atoms with Gasteiger partial charge in [0.1, 0.15) is 5.75 Å². The van der Waals surface area contributed by atoms with Crippen molar-refractivity contribution in [2.45, 2.75) is 11.3 Å². The Labute approximate surface area is 108 Å². The summed E-state index contributed by atoms with van der Waals surface area (Å²) in [5.41, 5.74) is 5.98. The summed E-state index contributed by atoms with van der Waals surface area (Å²) in [6.45, 7) is 0.725. The number of rotatable bonds is 6. The van der Waals surface area contributed by atoms with Crippen LogP contribution >= 0.6 is 0 Å². The van der Waals surface area contributed by atoms with Crippen molar-refractivity contribution < 1.29 is 13.2 Å². The maximum Gasteiger partial charge on any atom is 0.180 e. The molecule has 0 bridgehead atoms. The highest BCUT2D eigenvalue weighted by Gasteiger charge is 2.18. The molecule has 0 aliphatic rings. The van der Waals surface area contributed by atoms with E-state index in [2.05, 4.69) is 0 Å². The van der Waals surface area contributed by atoms with Gasteiger partial charge in [-0.05, 0) is 39.2 Å². The number of nitrogen functional groups attached to an aromatic ring is 1. The van der Waals surface area contributed by atoms with Crippen LogP contribution in [0.15, 0.2) is 23.1 Å². The third kappa shape index (κ3) is 3.89. The molecule has 0 saturated carbocycles. The highest BCUT2D eigenvalue weighted by Crippen LogP contribution is 2.25. The molecule has 2 N–H and O–H groups in total. The molecule has 18 heavy (non-hydrogen) atoms. The summed E-state index contributed by atoms with van der Waals surface area (Å²) < 4.78 is 29.3. The minimum absolute atomic E-state index is 0.0859. The highest BCUT2D eigenvalue weighted by molar-refractivity contribution is 7.91. The van der Waals surface area contributed by atoms with E-state index in [-0.39, 0.29) is 16.3 Å². The molecule has 1 rings (SSSR count). The molecule has 102 valence electrons. The topological polar surface area (TPSA) is 72.6 Å². The van der Waals surface area contributed by atoms with Crippen LogP contribution < -0.4 is 10.5 Å². The minimum atomic E-state index is -3.35. The highest BCUT2D eigenvalue weighted by atomic mass is 32.2. The van der Waals surface area contributed by atoms with Gasteiger partial charge in [-0.25, -0.2) is 8.42 Å². The quantitative estimate of drug-likeness (QED) is 0.782. The maximum absolute atomic E-state index is 12.1. The normalized spacial score (nSPS) is 11.8. The lowest BCUT2D eigenvalue weighted by atomic mass is 10.3. The fourth-order valence-electron chi connectivity index (χ4n) is 1.59. The second kappa shape index (κ2) is 6.06. The largest absolute Gasteiger partial charge is 0.497 e. The standard InChI is InChI=1S/C12H20N2O3S/c1-14(2)7-4-8-18(15,16)12-9-10(17-3)5-6-11(12)13/h5-6,9H,4,7-8,13H2,1-3H3. The number of sulfone groups is 1. The summed E-state index contributed by atoms with van der Waals surface area (Å²) in [5, 5.41) is 0.